The van der Waals surface area contributed by atoms with Gasteiger partial charge >= 0.3 is 0 Å². The average molecular weight is 219 g/mol. The van der Waals surface area contributed by atoms with Crippen LogP contribution in [0.2, 0.25) is 0 Å². The van der Waals surface area contributed by atoms with Gasteiger partial charge in [-0.25, -0.2) is 4.39 Å². The van der Waals surface area contributed by atoms with E-state index < -0.39 is 6.17 Å². The summed E-state index contributed by atoms with van der Waals surface area (Å²) in [7, 11) is 5.56. The zero-order valence-electron chi connectivity index (χ0n) is 8.83. The Hall–Kier alpha value is -1.72. The summed E-state index contributed by atoms with van der Waals surface area (Å²) in [5, 5.41) is 5.54. The third-order valence-corrected chi connectivity index (χ3v) is 2.54. The molecule has 1 unspecified atom stereocenters. The Balaban J connectivity index is 2.35. The Morgan fingerprint density at radius 2 is 2.50 bits per heavy atom. The van der Waals surface area contributed by atoms with E-state index in [2.05, 4.69) is 10.6 Å². The van der Waals surface area contributed by atoms with Crippen molar-refractivity contribution in [2.45, 2.75) is 19.5 Å². The van der Waals surface area contributed by atoms with Gasteiger partial charge in [0.25, 0.3) is 0 Å². The van der Waals surface area contributed by atoms with E-state index in [1.165, 1.54) is 6.08 Å². The minimum absolute atomic E-state index is 0.318. The van der Waals surface area contributed by atoms with Crippen LogP contribution in [-0.2, 0) is 4.79 Å². The third kappa shape index (κ3) is 1.60. The number of amides is 1. The van der Waals surface area contributed by atoms with Gasteiger partial charge < -0.3 is 15.5 Å². The van der Waals surface area contributed by atoms with Crippen LogP contribution in [0.3, 0.4) is 0 Å². The summed E-state index contributed by atoms with van der Waals surface area (Å²) >= 11 is 0. The summed E-state index contributed by atoms with van der Waals surface area (Å²) in [6.45, 7) is 1.92. The highest BCUT2D eigenvalue weighted by Gasteiger charge is 2.34. The highest BCUT2D eigenvalue weighted by molar-refractivity contribution is 6.23. The smallest absolute Gasteiger partial charge is 0.212 e. The van der Waals surface area contributed by atoms with Crippen LogP contribution < -0.4 is 10.6 Å². The molecule has 2 radical (unpaired) electrons. The van der Waals surface area contributed by atoms with Crippen LogP contribution in [-0.4, -0.2) is 25.3 Å². The van der Waals surface area contributed by atoms with E-state index in [0.717, 1.165) is 5.70 Å². The predicted octanol–water partition coefficient (Wildman–Crippen LogP) is 0.420. The van der Waals surface area contributed by atoms with Crippen LogP contribution >= 0.6 is 0 Å². The third-order valence-electron chi connectivity index (χ3n) is 2.54. The molecule has 6 heteroatoms. The van der Waals surface area contributed by atoms with Crippen LogP contribution in [0.4, 0.5) is 4.39 Å². The minimum Gasteiger partial charge on any atom is -0.360 e. The van der Waals surface area contributed by atoms with E-state index in [4.69, 9.17) is 7.85 Å². The van der Waals surface area contributed by atoms with Crippen molar-refractivity contribution in [3.8, 4) is 0 Å². The second-order valence-corrected chi connectivity index (χ2v) is 3.56. The van der Waals surface area contributed by atoms with Gasteiger partial charge in [-0.3, -0.25) is 4.79 Å². The molecule has 0 aromatic heterocycles. The summed E-state index contributed by atoms with van der Waals surface area (Å²) in [6, 6.07) is 0. The Morgan fingerprint density at radius 3 is 3.12 bits per heavy atom. The second-order valence-electron chi connectivity index (χ2n) is 3.56. The van der Waals surface area contributed by atoms with Crippen LogP contribution in [0.5, 0.6) is 0 Å². The van der Waals surface area contributed by atoms with Crippen molar-refractivity contribution < 1.29 is 9.18 Å². The van der Waals surface area contributed by atoms with Crippen molar-refractivity contribution in [3.63, 3.8) is 0 Å². The van der Waals surface area contributed by atoms with Crippen molar-refractivity contribution in [2.24, 2.45) is 0 Å². The monoisotopic (exact) mass is 219 g/mol. The van der Waals surface area contributed by atoms with Crippen LogP contribution in [0.15, 0.2) is 35.1 Å². The fourth-order valence-electron chi connectivity index (χ4n) is 1.85. The van der Waals surface area contributed by atoms with E-state index >= 15 is 0 Å². The Bertz CT molecular complexity index is 416. The van der Waals surface area contributed by atoms with Gasteiger partial charge in [-0.15, -0.1) is 0 Å². The fourth-order valence-corrected chi connectivity index (χ4v) is 1.85. The molecule has 1 atom stereocenters. The number of halogens is 1. The number of carbonyl (C=O) groups is 1. The molecule has 2 rings (SSSR count). The minimum atomic E-state index is -0.593. The standard InChI is InChI=1S/C10H11BFN3O/c1-2-8-10(13-5-16)15-4-6(11)3-7(12)9(15)14-8/h3-5,9,14H,2H2,1H3,(H,13,16). The van der Waals surface area contributed by atoms with Crippen LogP contribution in [0, 0.1) is 0 Å². The molecule has 0 spiro atoms. The molecular formula is C10H11BFN3O. The van der Waals surface area contributed by atoms with E-state index in [-0.39, 0.29) is 5.83 Å². The van der Waals surface area contributed by atoms with Gasteiger partial charge in [-0.1, -0.05) is 12.4 Å². The van der Waals surface area contributed by atoms with Gasteiger partial charge in [0.2, 0.25) is 6.41 Å². The first-order valence-electron chi connectivity index (χ1n) is 5.00. The van der Waals surface area contributed by atoms with Crippen LogP contribution in [0.1, 0.15) is 13.3 Å². The quantitative estimate of drug-likeness (QED) is 0.534. The van der Waals surface area contributed by atoms with Gasteiger partial charge in [0.15, 0.2) is 6.17 Å². The van der Waals surface area contributed by atoms with E-state index in [0.29, 0.717) is 24.1 Å². The molecule has 82 valence electrons. The molecule has 16 heavy (non-hydrogen) atoms. The highest BCUT2D eigenvalue weighted by atomic mass is 19.1. The van der Waals surface area contributed by atoms with Crippen molar-refractivity contribution in [1.29, 1.82) is 0 Å². The maximum atomic E-state index is 13.6. The van der Waals surface area contributed by atoms with E-state index in [1.807, 2.05) is 6.92 Å². The molecule has 2 N–H and O–H groups in total. The number of nitrogens with zero attached hydrogens (tertiary/aromatic N) is 1. The van der Waals surface area contributed by atoms with Crippen LogP contribution in [0.25, 0.3) is 0 Å². The lowest BCUT2D eigenvalue weighted by atomic mass is 9.94. The Kier molecular flexibility index (Phi) is 2.72. The average Bonchev–Trinajstić information content (AvgIpc) is 2.58. The summed E-state index contributed by atoms with van der Waals surface area (Å²) in [5.74, 6) is 0.183. The van der Waals surface area contributed by atoms with Gasteiger partial charge in [0, 0.05) is 6.20 Å². The number of nitrogens with one attached hydrogen (secondary N) is 2. The largest absolute Gasteiger partial charge is 0.360 e. The molecule has 2 heterocycles. The van der Waals surface area contributed by atoms with E-state index in [9.17, 15) is 9.18 Å². The SMILES string of the molecule is [B]C1=CN2C(NC=O)=C(CC)NC2C(F)=C1. The number of fused-ring (bicyclic) bond motifs is 1. The lowest BCUT2D eigenvalue weighted by Gasteiger charge is -2.27. The second kappa shape index (κ2) is 4.04. The molecule has 0 aromatic carbocycles. The van der Waals surface area contributed by atoms with Gasteiger partial charge in [-0.2, -0.15) is 0 Å². The van der Waals surface area contributed by atoms with Gasteiger partial charge in [0.1, 0.15) is 19.5 Å². The van der Waals surface area contributed by atoms with Crippen molar-refractivity contribution >= 4 is 14.3 Å². The Labute approximate surface area is 94.3 Å². The van der Waals surface area contributed by atoms with Gasteiger partial charge in [-0.05, 0) is 12.5 Å². The molecule has 0 saturated carbocycles. The zero-order valence-corrected chi connectivity index (χ0v) is 8.83. The number of carbonyl (C=O) groups excluding carboxylic acids is 1. The molecule has 4 nitrogen and oxygen atoms in total. The lowest BCUT2D eigenvalue weighted by molar-refractivity contribution is -0.109. The first-order chi connectivity index (χ1) is 7.67. The number of rotatable bonds is 3. The molecule has 0 bridgehead atoms. The summed E-state index contributed by atoms with van der Waals surface area (Å²) in [4.78, 5) is 12.1. The topological polar surface area (TPSA) is 44.4 Å². The maximum absolute atomic E-state index is 13.6. The molecular weight excluding hydrogens is 208 g/mol. The molecule has 0 aliphatic carbocycles. The normalized spacial score (nSPS) is 23.4. The first kappa shape index (κ1) is 10.8. The van der Waals surface area contributed by atoms with Gasteiger partial charge in [0.05, 0.1) is 5.70 Å². The lowest BCUT2D eigenvalue weighted by Crippen LogP contribution is -2.38. The highest BCUT2D eigenvalue weighted by Crippen LogP contribution is 2.29. The number of hydrogen-bond acceptors (Lipinski definition) is 3. The molecule has 0 aromatic rings. The van der Waals surface area contributed by atoms with Crippen molar-refractivity contribution in [2.75, 3.05) is 0 Å². The fraction of sp³-hybridized carbons (Fsp3) is 0.300. The van der Waals surface area contributed by atoms with Crippen molar-refractivity contribution in [1.82, 2.24) is 15.5 Å². The molecule has 0 fully saturated rings. The number of hydrogen-bond donors (Lipinski definition) is 2. The summed E-state index contributed by atoms with van der Waals surface area (Å²) < 4.78 is 13.6. The molecule has 1 amide bonds. The summed E-state index contributed by atoms with van der Waals surface area (Å²) in [6.07, 6.45) is 3.50. The zero-order chi connectivity index (χ0) is 11.7. The van der Waals surface area contributed by atoms with Crippen molar-refractivity contribution in [3.05, 3.63) is 35.1 Å². The predicted molar refractivity (Wildman–Crippen MR) is 58.3 cm³/mol. The molecule has 0 saturated heterocycles. The first-order valence-corrected chi connectivity index (χ1v) is 5.00. The molecule has 2 aliphatic heterocycles. The van der Waals surface area contributed by atoms with E-state index in [1.54, 1.807) is 11.1 Å². The summed E-state index contributed by atoms with van der Waals surface area (Å²) in [5.41, 5.74) is 1.10. The maximum Gasteiger partial charge on any atom is 0.212 e. The molecule has 2 aliphatic rings. The number of allylic oxidation sites excluding steroid dienone is 3. The Morgan fingerprint density at radius 1 is 1.75 bits per heavy atom.